The van der Waals surface area contributed by atoms with E-state index >= 15 is 0 Å². The maximum Gasteiger partial charge on any atom is 0.166 e. The van der Waals surface area contributed by atoms with Crippen molar-refractivity contribution in [3.05, 3.63) is 48.2 Å². The summed E-state index contributed by atoms with van der Waals surface area (Å²) in [5, 5.41) is 0. The second-order valence-corrected chi connectivity index (χ2v) is 2.81. The van der Waals surface area contributed by atoms with Gasteiger partial charge in [0.2, 0.25) is 0 Å². The molecule has 0 aliphatic heterocycles. The average molecular weight is 171 g/mol. The summed E-state index contributed by atoms with van der Waals surface area (Å²) >= 11 is 0. The summed E-state index contributed by atoms with van der Waals surface area (Å²) in [6, 6.07) is 13.6. The van der Waals surface area contributed by atoms with E-state index in [1.807, 2.05) is 36.4 Å². The second-order valence-electron chi connectivity index (χ2n) is 2.81. The first-order chi connectivity index (χ1) is 6.40. The van der Waals surface area contributed by atoms with Gasteiger partial charge >= 0.3 is 0 Å². The number of hydrogen-bond donors (Lipinski definition) is 1. The van der Waals surface area contributed by atoms with Gasteiger partial charge in [-0.1, -0.05) is 30.3 Å². The molecule has 2 rings (SSSR count). The Hall–Kier alpha value is -1.83. The molecule has 64 valence electrons. The van der Waals surface area contributed by atoms with E-state index in [0.29, 0.717) is 5.69 Å². The molecule has 0 amide bonds. The molecule has 2 aromatic rings. The highest BCUT2D eigenvalue weighted by atomic mass is 16.1. The zero-order chi connectivity index (χ0) is 9.10. The van der Waals surface area contributed by atoms with Crippen LogP contribution in [0, 0.1) is 0 Å². The van der Waals surface area contributed by atoms with Gasteiger partial charge in [0.25, 0.3) is 0 Å². The summed E-state index contributed by atoms with van der Waals surface area (Å²) in [4.78, 5) is 13.4. The molecule has 0 unspecified atom stereocenters. The number of rotatable bonds is 2. The van der Waals surface area contributed by atoms with Crippen LogP contribution < -0.4 is 0 Å². The SMILES string of the molecule is O=Cc1ccc(-c2ccccc2)[nH]1. The first-order valence-corrected chi connectivity index (χ1v) is 4.10. The highest BCUT2D eigenvalue weighted by Gasteiger charge is 1.98. The zero-order valence-electron chi connectivity index (χ0n) is 7.03. The maximum atomic E-state index is 10.4. The summed E-state index contributed by atoms with van der Waals surface area (Å²) in [5.41, 5.74) is 2.68. The van der Waals surface area contributed by atoms with E-state index in [4.69, 9.17) is 0 Å². The van der Waals surface area contributed by atoms with Gasteiger partial charge in [0, 0.05) is 5.69 Å². The standard InChI is InChI=1S/C11H9NO/c13-8-10-6-7-11(12-10)9-4-2-1-3-5-9/h1-8,12H. The van der Waals surface area contributed by atoms with Crippen LogP contribution in [-0.4, -0.2) is 11.3 Å². The summed E-state index contributed by atoms with van der Waals surface area (Å²) in [6.45, 7) is 0. The molecule has 0 aliphatic carbocycles. The number of aromatic amines is 1. The van der Waals surface area contributed by atoms with E-state index < -0.39 is 0 Å². The number of benzene rings is 1. The number of aromatic nitrogens is 1. The van der Waals surface area contributed by atoms with Crippen molar-refractivity contribution in [1.82, 2.24) is 4.98 Å². The third kappa shape index (κ3) is 1.51. The van der Waals surface area contributed by atoms with Crippen molar-refractivity contribution in [2.75, 3.05) is 0 Å². The van der Waals surface area contributed by atoms with Crippen LogP contribution in [0.1, 0.15) is 10.5 Å². The van der Waals surface area contributed by atoms with Gasteiger partial charge in [-0.15, -0.1) is 0 Å². The van der Waals surface area contributed by atoms with Crippen LogP contribution >= 0.6 is 0 Å². The third-order valence-corrected chi connectivity index (χ3v) is 1.92. The van der Waals surface area contributed by atoms with E-state index in [1.54, 1.807) is 6.07 Å². The van der Waals surface area contributed by atoms with Crippen LogP contribution in [0.2, 0.25) is 0 Å². The Kier molecular flexibility index (Phi) is 1.96. The number of H-pyrrole nitrogens is 1. The summed E-state index contributed by atoms with van der Waals surface area (Å²) in [7, 11) is 0. The number of nitrogens with one attached hydrogen (secondary N) is 1. The lowest BCUT2D eigenvalue weighted by atomic mass is 10.2. The number of hydrogen-bond acceptors (Lipinski definition) is 1. The predicted molar refractivity (Wildman–Crippen MR) is 51.6 cm³/mol. The van der Waals surface area contributed by atoms with Crippen LogP contribution in [0.25, 0.3) is 11.3 Å². The molecule has 2 nitrogen and oxygen atoms in total. The predicted octanol–water partition coefficient (Wildman–Crippen LogP) is 2.49. The lowest BCUT2D eigenvalue weighted by Gasteiger charge is -1.95. The van der Waals surface area contributed by atoms with Gasteiger partial charge < -0.3 is 4.98 Å². The molecule has 13 heavy (non-hydrogen) atoms. The average Bonchev–Trinajstić information content (AvgIpc) is 2.67. The normalized spacial score (nSPS) is 9.85. The van der Waals surface area contributed by atoms with Crippen LogP contribution in [0.3, 0.4) is 0 Å². The fourth-order valence-electron chi connectivity index (χ4n) is 1.27. The van der Waals surface area contributed by atoms with Crippen molar-refractivity contribution in [1.29, 1.82) is 0 Å². The van der Waals surface area contributed by atoms with Crippen LogP contribution in [-0.2, 0) is 0 Å². The van der Waals surface area contributed by atoms with E-state index in [9.17, 15) is 4.79 Å². The number of carbonyl (C=O) groups excluding carboxylic acids is 1. The Morgan fingerprint density at radius 2 is 1.77 bits per heavy atom. The van der Waals surface area contributed by atoms with Crippen LogP contribution in [0.5, 0.6) is 0 Å². The lowest BCUT2D eigenvalue weighted by molar-refractivity contribution is 0.111. The highest BCUT2D eigenvalue weighted by Crippen LogP contribution is 2.16. The molecule has 1 aromatic heterocycles. The Balaban J connectivity index is 2.41. The van der Waals surface area contributed by atoms with E-state index in [1.165, 1.54) is 0 Å². The Morgan fingerprint density at radius 3 is 2.38 bits per heavy atom. The van der Waals surface area contributed by atoms with Crippen LogP contribution in [0.15, 0.2) is 42.5 Å². The van der Waals surface area contributed by atoms with E-state index in [2.05, 4.69) is 4.98 Å². The molecule has 0 atom stereocenters. The van der Waals surface area contributed by atoms with Gasteiger partial charge in [0.05, 0.1) is 5.69 Å². The van der Waals surface area contributed by atoms with Crippen molar-refractivity contribution in [3.8, 4) is 11.3 Å². The summed E-state index contributed by atoms with van der Waals surface area (Å²) < 4.78 is 0. The molecule has 1 heterocycles. The van der Waals surface area contributed by atoms with E-state index in [0.717, 1.165) is 17.5 Å². The van der Waals surface area contributed by atoms with Gasteiger partial charge in [-0.2, -0.15) is 0 Å². The van der Waals surface area contributed by atoms with Crippen molar-refractivity contribution in [3.63, 3.8) is 0 Å². The minimum absolute atomic E-state index is 0.610. The van der Waals surface area contributed by atoms with Crippen molar-refractivity contribution >= 4 is 6.29 Å². The Labute approximate surface area is 76.2 Å². The fraction of sp³-hybridized carbons (Fsp3) is 0. The minimum atomic E-state index is 0.610. The monoisotopic (exact) mass is 171 g/mol. The molecule has 0 radical (unpaired) electrons. The quantitative estimate of drug-likeness (QED) is 0.692. The number of carbonyl (C=O) groups is 1. The first-order valence-electron chi connectivity index (χ1n) is 4.10. The van der Waals surface area contributed by atoms with E-state index in [-0.39, 0.29) is 0 Å². The molecule has 0 spiro atoms. The molecule has 0 saturated heterocycles. The number of aldehydes is 1. The lowest BCUT2D eigenvalue weighted by Crippen LogP contribution is -1.79. The van der Waals surface area contributed by atoms with Crippen molar-refractivity contribution in [2.45, 2.75) is 0 Å². The molecular formula is C11H9NO. The molecule has 0 aliphatic rings. The Bertz CT molecular complexity index is 403. The molecule has 1 aromatic carbocycles. The molecule has 2 heteroatoms. The van der Waals surface area contributed by atoms with Crippen molar-refractivity contribution < 1.29 is 4.79 Å². The minimum Gasteiger partial charge on any atom is -0.352 e. The Morgan fingerprint density at radius 1 is 1.00 bits per heavy atom. The van der Waals surface area contributed by atoms with Crippen LogP contribution in [0.4, 0.5) is 0 Å². The summed E-state index contributed by atoms with van der Waals surface area (Å²) in [6.07, 6.45) is 0.812. The van der Waals surface area contributed by atoms with Gasteiger partial charge in [-0.3, -0.25) is 4.79 Å². The molecule has 0 fully saturated rings. The third-order valence-electron chi connectivity index (χ3n) is 1.92. The summed E-state index contributed by atoms with van der Waals surface area (Å²) in [5.74, 6) is 0. The second kappa shape index (κ2) is 3.27. The topological polar surface area (TPSA) is 32.9 Å². The fourth-order valence-corrected chi connectivity index (χ4v) is 1.27. The molecular weight excluding hydrogens is 162 g/mol. The van der Waals surface area contributed by atoms with Gasteiger partial charge in [0.1, 0.15) is 0 Å². The molecule has 0 saturated carbocycles. The van der Waals surface area contributed by atoms with Gasteiger partial charge in [0.15, 0.2) is 6.29 Å². The zero-order valence-corrected chi connectivity index (χ0v) is 7.03. The molecule has 1 N–H and O–H groups in total. The smallest absolute Gasteiger partial charge is 0.166 e. The van der Waals surface area contributed by atoms with Gasteiger partial charge in [-0.05, 0) is 17.7 Å². The first kappa shape index (κ1) is 7.80. The highest BCUT2D eigenvalue weighted by molar-refractivity contribution is 5.75. The van der Waals surface area contributed by atoms with Crippen molar-refractivity contribution in [2.24, 2.45) is 0 Å². The molecule has 0 bridgehead atoms. The maximum absolute atomic E-state index is 10.4. The largest absolute Gasteiger partial charge is 0.352 e. The van der Waals surface area contributed by atoms with Gasteiger partial charge in [-0.25, -0.2) is 0 Å².